The van der Waals surface area contributed by atoms with Crippen molar-refractivity contribution in [3.8, 4) is 0 Å². The predicted octanol–water partition coefficient (Wildman–Crippen LogP) is 1.21. The van der Waals surface area contributed by atoms with Crippen LogP contribution in [0.3, 0.4) is 0 Å². The molecular weight excluding hydrogens is 243 g/mol. The second kappa shape index (κ2) is 6.59. The molecule has 0 radical (unpaired) electrons. The Morgan fingerprint density at radius 2 is 2.29 bits per heavy atom. The van der Waals surface area contributed by atoms with E-state index in [2.05, 4.69) is 5.34 Å². The quantitative estimate of drug-likeness (QED) is 0.452. The molecule has 7 heteroatoms. The smallest absolute Gasteiger partial charge is 0.157 e. The fraction of sp³-hybridized carbons (Fsp3) is 1.00. The molecule has 1 aliphatic heterocycles. The van der Waals surface area contributed by atoms with Gasteiger partial charge >= 0.3 is 0 Å². The molecule has 1 fully saturated rings. The highest BCUT2D eigenvalue weighted by Gasteiger charge is 2.39. The van der Waals surface area contributed by atoms with Crippen LogP contribution < -0.4 is 5.73 Å². The van der Waals surface area contributed by atoms with Crippen LogP contribution in [0.4, 0.5) is 0 Å². The number of aliphatic hydroxyl groups excluding tert-OH is 1. The first-order chi connectivity index (χ1) is 8.01. The second-order valence-corrected chi connectivity index (χ2v) is 6.90. The zero-order valence-corrected chi connectivity index (χ0v) is 11.3. The van der Waals surface area contributed by atoms with E-state index in [1.807, 2.05) is 20.8 Å². The van der Waals surface area contributed by atoms with Gasteiger partial charge in [-0.05, 0) is 5.92 Å². The van der Waals surface area contributed by atoms with E-state index in [-0.39, 0.29) is 36.4 Å². The van der Waals surface area contributed by atoms with Gasteiger partial charge in [-0.1, -0.05) is 20.8 Å². The maximum Gasteiger partial charge on any atom is 0.157 e. The van der Waals surface area contributed by atoms with Gasteiger partial charge < -0.3 is 20.2 Å². The lowest BCUT2D eigenvalue weighted by Gasteiger charge is -2.28. The molecule has 0 aromatic rings. The number of nitrogens with two attached hydrogens (primary N) is 1. The van der Waals surface area contributed by atoms with E-state index >= 15 is 0 Å². The van der Waals surface area contributed by atoms with Gasteiger partial charge in [-0.25, -0.2) is 0 Å². The van der Waals surface area contributed by atoms with Gasteiger partial charge in [-0.2, -0.15) is 0 Å². The van der Waals surface area contributed by atoms with Crippen molar-refractivity contribution in [2.45, 2.75) is 44.7 Å². The standard InChI is InChI=1S/C10H21N2O4P/c1-6(2)10-8(11)5-17(16-12-14)7(3)9(4-13)15-10/h6-10,13H,4-5,11H2,1-3H3/t7?,8-,9?,10?,17?/m0/s1. The first-order valence-corrected chi connectivity index (χ1v) is 7.31. The number of ether oxygens (including phenoxy) is 1. The number of rotatable bonds is 4. The Balaban J connectivity index is 2.84. The fourth-order valence-electron chi connectivity index (χ4n) is 2.08. The number of hydrogen-bond donors (Lipinski definition) is 2. The molecule has 5 atom stereocenters. The highest BCUT2D eigenvalue weighted by Crippen LogP contribution is 2.48. The van der Waals surface area contributed by atoms with Crippen LogP contribution in [0.25, 0.3) is 0 Å². The lowest BCUT2D eigenvalue weighted by atomic mass is 10.0. The summed E-state index contributed by atoms with van der Waals surface area (Å²) in [5.74, 6) is 0.255. The minimum Gasteiger partial charge on any atom is -0.394 e. The maximum absolute atomic E-state index is 10.2. The Kier molecular flexibility index (Phi) is 5.73. The fourth-order valence-corrected chi connectivity index (χ4v) is 3.87. The van der Waals surface area contributed by atoms with Crippen molar-refractivity contribution in [1.82, 2.24) is 0 Å². The molecule has 0 aliphatic carbocycles. The SMILES string of the molecule is CC(C)C1OC(CO)C(C)P(ON=O)C[C@@H]1N. The summed E-state index contributed by atoms with van der Waals surface area (Å²) in [4.78, 5) is 10.2. The molecule has 0 spiro atoms. The predicted molar refractivity (Wildman–Crippen MR) is 66.7 cm³/mol. The van der Waals surface area contributed by atoms with Gasteiger partial charge in [0.15, 0.2) is 5.34 Å². The van der Waals surface area contributed by atoms with Crippen LogP contribution in [-0.2, 0) is 9.36 Å². The summed E-state index contributed by atoms with van der Waals surface area (Å²) in [5.41, 5.74) is 6.01. The van der Waals surface area contributed by atoms with Gasteiger partial charge in [-0.15, -0.1) is 4.91 Å². The zero-order valence-electron chi connectivity index (χ0n) is 10.4. The lowest BCUT2D eigenvalue weighted by Crippen LogP contribution is -2.43. The zero-order chi connectivity index (χ0) is 13.0. The monoisotopic (exact) mass is 264 g/mol. The molecule has 0 aromatic heterocycles. The Hall–Kier alpha value is -0.290. The van der Waals surface area contributed by atoms with Crippen molar-refractivity contribution < 1.29 is 14.5 Å². The summed E-state index contributed by atoms with van der Waals surface area (Å²) in [6.45, 7) is 5.84. The van der Waals surface area contributed by atoms with Crippen molar-refractivity contribution >= 4 is 8.15 Å². The van der Waals surface area contributed by atoms with E-state index in [0.29, 0.717) is 6.16 Å². The second-order valence-electron chi connectivity index (χ2n) is 4.73. The summed E-state index contributed by atoms with van der Waals surface area (Å²) in [6, 6.07) is -0.193. The third-order valence-electron chi connectivity index (χ3n) is 3.11. The van der Waals surface area contributed by atoms with Crippen molar-refractivity contribution in [3.05, 3.63) is 4.91 Å². The summed E-state index contributed by atoms with van der Waals surface area (Å²) in [6.07, 6.45) is 0.0999. The summed E-state index contributed by atoms with van der Waals surface area (Å²) in [5, 5.41) is 11.8. The van der Waals surface area contributed by atoms with Gasteiger partial charge in [0.25, 0.3) is 0 Å². The minimum absolute atomic E-state index is 0.0532. The lowest BCUT2D eigenvalue weighted by molar-refractivity contribution is -0.0617. The third kappa shape index (κ3) is 3.58. The summed E-state index contributed by atoms with van der Waals surface area (Å²) < 4.78 is 10.7. The van der Waals surface area contributed by atoms with Crippen LogP contribution in [0.1, 0.15) is 20.8 Å². The molecule has 0 saturated carbocycles. The van der Waals surface area contributed by atoms with Crippen LogP contribution in [0.2, 0.25) is 0 Å². The van der Waals surface area contributed by atoms with Crippen molar-refractivity contribution in [3.63, 3.8) is 0 Å². The van der Waals surface area contributed by atoms with Crippen LogP contribution in [0, 0.1) is 10.8 Å². The van der Waals surface area contributed by atoms with Gasteiger partial charge in [0, 0.05) is 17.9 Å². The van der Waals surface area contributed by atoms with Crippen LogP contribution in [-0.4, -0.2) is 41.8 Å². The average Bonchev–Trinajstić information content (AvgIpc) is 2.38. The van der Waals surface area contributed by atoms with E-state index in [9.17, 15) is 10.0 Å². The molecule has 1 saturated heterocycles. The molecular formula is C10H21N2O4P. The van der Waals surface area contributed by atoms with Crippen LogP contribution >= 0.6 is 8.15 Å². The Morgan fingerprint density at radius 1 is 1.65 bits per heavy atom. The van der Waals surface area contributed by atoms with Gasteiger partial charge in [-0.3, -0.25) is 0 Å². The molecule has 4 unspecified atom stereocenters. The Morgan fingerprint density at radius 3 is 2.76 bits per heavy atom. The maximum atomic E-state index is 10.2. The normalized spacial score (nSPS) is 38.8. The summed E-state index contributed by atoms with van der Waals surface area (Å²) >= 11 is 0. The van der Waals surface area contributed by atoms with Gasteiger partial charge in [0.2, 0.25) is 0 Å². The van der Waals surface area contributed by atoms with E-state index in [0.717, 1.165) is 0 Å². The van der Waals surface area contributed by atoms with Crippen LogP contribution in [0.5, 0.6) is 0 Å². The van der Waals surface area contributed by atoms with E-state index in [1.165, 1.54) is 0 Å². The molecule has 1 rings (SSSR count). The Labute approximate surface area is 103 Å². The topological polar surface area (TPSA) is 94.1 Å². The highest BCUT2D eigenvalue weighted by molar-refractivity contribution is 7.53. The molecule has 100 valence electrons. The number of nitrogens with zero attached hydrogens (tertiary/aromatic N) is 1. The van der Waals surface area contributed by atoms with E-state index < -0.39 is 8.15 Å². The van der Waals surface area contributed by atoms with E-state index in [4.69, 9.17) is 15.1 Å². The number of hydrogen-bond acceptors (Lipinski definition) is 6. The molecule has 1 aliphatic rings. The Bertz CT molecular complexity index is 254. The van der Waals surface area contributed by atoms with Gasteiger partial charge in [0.1, 0.15) is 8.15 Å². The molecule has 0 amide bonds. The molecule has 1 heterocycles. The molecule has 3 N–H and O–H groups in total. The van der Waals surface area contributed by atoms with E-state index in [1.54, 1.807) is 0 Å². The summed E-state index contributed by atoms with van der Waals surface area (Å²) in [7, 11) is -1.08. The van der Waals surface area contributed by atoms with Crippen molar-refractivity contribution in [1.29, 1.82) is 0 Å². The van der Waals surface area contributed by atoms with Crippen LogP contribution in [0.15, 0.2) is 5.34 Å². The molecule has 17 heavy (non-hydrogen) atoms. The number of aliphatic hydroxyl groups is 1. The third-order valence-corrected chi connectivity index (χ3v) is 5.41. The van der Waals surface area contributed by atoms with Crippen molar-refractivity contribution in [2.75, 3.05) is 12.8 Å². The highest BCUT2D eigenvalue weighted by atomic mass is 31.1. The molecule has 6 nitrogen and oxygen atoms in total. The first-order valence-electron chi connectivity index (χ1n) is 5.79. The molecule has 0 bridgehead atoms. The van der Waals surface area contributed by atoms with Gasteiger partial charge in [0.05, 0.1) is 18.8 Å². The molecule has 0 aromatic carbocycles. The minimum atomic E-state index is -1.08. The average molecular weight is 264 g/mol. The largest absolute Gasteiger partial charge is 0.394 e. The first kappa shape index (κ1) is 14.8. The van der Waals surface area contributed by atoms with Crippen molar-refractivity contribution in [2.24, 2.45) is 17.0 Å².